The molecule has 0 radical (unpaired) electrons. The summed E-state index contributed by atoms with van der Waals surface area (Å²) in [6.07, 6.45) is 1.56. The molecule has 1 heterocycles. The van der Waals surface area contributed by atoms with Crippen LogP contribution in [0.5, 0.6) is 0 Å². The molecular formula is C12H12BrFN2O. The number of hydrogen-bond donors (Lipinski definition) is 2. The lowest BCUT2D eigenvalue weighted by Crippen LogP contribution is -2.29. The van der Waals surface area contributed by atoms with Crippen molar-refractivity contribution in [3.63, 3.8) is 0 Å². The van der Waals surface area contributed by atoms with Crippen molar-refractivity contribution in [2.45, 2.75) is 13.0 Å². The van der Waals surface area contributed by atoms with E-state index in [0.717, 1.165) is 5.56 Å². The van der Waals surface area contributed by atoms with Gasteiger partial charge in [-0.3, -0.25) is 5.84 Å². The first-order valence-electron chi connectivity index (χ1n) is 5.09. The van der Waals surface area contributed by atoms with Crippen LogP contribution in [0.15, 0.2) is 39.4 Å². The Labute approximate surface area is 107 Å². The van der Waals surface area contributed by atoms with Crippen molar-refractivity contribution in [3.8, 4) is 0 Å². The zero-order chi connectivity index (χ0) is 12.4. The molecule has 0 saturated heterocycles. The summed E-state index contributed by atoms with van der Waals surface area (Å²) in [5, 5.41) is 0. The summed E-state index contributed by atoms with van der Waals surface area (Å²) >= 11 is 3.15. The molecule has 0 aliphatic heterocycles. The minimum Gasteiger partial charge on any atom is -0.467 e. The Balaban J connectivity index is 2.50. The summed E-state index contributed by atoms with van der Waals surface area (Å²) in [6, 6.07) is 6.39. The molecule has 0 amide bonds. The molecule has 3 N–H and O–H groups in total. The van der Waals surface area contributed by atoms with Gasteiger partial charge in [-0.2, -0.15) is 0 Å². The summed E-state index contributed by atoms with van der Waals surface area (Å²) in [5.41, 5.74) is 3.94. The number of benzene rings is 1. The molecule has 0 saturated carbocycles. The van der Waals surface area contributed by atoms with Crippen molar-refractivity contribution in [3.05, 3.63) is 57.7 Å². The van der Waals surface area contributed by atoms with Crippen LogP contribution in [0.2, 0.25) is 0 Å². The predicted octanol–water partition coefficient (Wildman–Crippen LogP) is 3.04. The Morgan fingerprint density at radius 3 is 2.76 bits per heavy atom. The Morgan fingerprint density at radius 1 is 1.41 bits per heavy atom. The highest BCUT2D eigenvalue weighted by Gasteiger charge is 2.22. The number of rotatable bonds is 3. The molecule has 3 nitrogen and oxygen atoms in total. The molecule has 0 bridgehead atoms. The summed E-state index contributed by atoms with van der Waals surface area (Å²) in [4.78, 5) is 0. The van der Waals surface area contributed by atoms with Crippen molar-refractivity contribution in [1.82, 2.24) is 5.43 Å². The zero-order valence-corrected chi connectivity index (χ0v) is 10.8. The molecular weight excluding hydrogens is 287 g/mol. The Morgan fingerprint density at radius 2 is 2.18 bits per heavy atom. The van der Waals surface area contributed by atoms with E-state index in [-0.39, 0.29) is 5.82 Å². The molecule has 1 unspecified atom stereocenters. The third kappa shape index (κ3) is 2.26. The number of aryl methyl sites for hydroxylation is 1. The first-order chi connectivity index (χ1) is 8.15. The summed E-state index contributed by atoms with van der Waals surface area (Å²) in [5.74, 6) is 5.77. The average molecular weight is 299 g/mol. The van der Waals surface area contributed by atoms with Crippen LogP contribution in [0.4, 0.5) is 4.39 Å². The van der Waals surface area contributed by atoms with Gasteiger partial charge in [0.1, 0.15) is 17.6 Å². The maximum absolute atomic E-state index is 14.0. The van der Waals surface area contributed by atoms with E-state index in [9.17, 15) is 4.39 Å². The van der Waals surface area contributed by atoms with Gasteiger partial charge in [0.2, 0.25) is 0 Å². The molecule has 2 aromatic rings. The molecule has 0 fully saturated rings. The standard InChI is InChI=1S/C12H12BrFN2O/c1-7-5-6-17-12(7)11(16-15)8-3-2-4-9(13)10(8)14/h2-6,11,16H,15H2,1H3. The van der Waals surface area contributed by atoms with E-state index >= 15 is 0 Å². The highest BCUT2D eigenvalue weighted by atomic mass is 79.9. The van der Waals surface area contributed by atoms with Crippen molar-refractivity contribution in [2.75, 3.05) is 0 Å². The van der Waals surface area contributed by atoms with Gasteiger partial charge in [-0.25, -0.2) is 9.82 Å². The molecule has 0 aliphatic rings. The molecule has 1 aromatic carbocycles. The van der Waals surface area contributed by atoms with Gasteiger partial charge in [-0.1, -0.05) is 12.1 Å². The van der Waals surface area contributed by atoms with Gasteiger partial charge < -0.3 is 4.42 Å². The minimum atomic E-state index is -0.498. The lowest BCUT2D eigenvalue weighted by atomic mass is 10.0. The van der Waals surface area contributed by atoms with Crippen molar-refractivity contribution in [2.24, 2.45) is 5.84 Å². The van der Waals surface area contributed by atoms with Crippen LogP contribution in [0, 0.1) is 12.7 Å². The van der Waals surface area contributed by atoms with Gasteiger partial charge in [0.25, 0.3) is 0 Å². The van der Waals surface area contributed by atoms with Gasteiger partial charge in [-0.15, -0.1) is 0 Å². The van der Waals surface area contributed by atoms with Crippen molar-refractivity contribution in [1.29, 1.82) is 0 Å². The van der Waals surface area contributed by atoms with Crippen molar-refractivity contribution >= 4 is 15.9 Å². The molecule has 0 spiro atoms. The van der Waals surface area contributed by atoms with Crippen LogP contribution >= 0.6 is 15.9 Å². The first kappa shape index (κ1) is 12.3. The fourth-order valence-electron chi connectivity index (χ4n) is 1.73. The van der Waals surface area contributed by atoms with E-state index in [2.05, 4.69) is 21.4 Å². The maximum Gasteiger partial charge on any atom is 0.142 e. The zero-order valence-electron chi connectivity index (χ0n) is 9.21. The summed E-state index contributed by atoms with van der Waals surface area (Å²) < 4.78 is 19.7. The number of nitrogens with two attached hydrogens (primary N) is 1. The first-order valence-corrected chi connectivity index (χ1v) is 5.88. The predicted molar refractivity (Wildman–Crippen MR) is 66.7 cm³/mol. The fraction of sp³-hybridized carbons (Fsp3) is 0.167. The number of furan rings is 1. The van der Waals surface area contributed by atoms with Crippen LogP contribution in [0.1, 0.15) is 22.9 Å². The van der Waals surface area contributed by atoms with Gasteiger partial charge in [-0.05, 0) is 40.5 Å². The number of nitrogens with one attached hydrogen (secondary N) is 1. The van der Waals surface area contributed by atoms with E-state index in [1.165, 1.54) is 0 Å². The van der Waals surface area contributed by atoms with Gasteiger partial charge in [0.05, 0.1) is 10.7 Å². The quantitative estimate of drug-likeness (QED) is 0.676. The second-order valence-electron chi connectivity index (χ2n) is 3.71. The number of halogens is 2. The smallest absolute Gasteiger partial charge is 0.142 e. The molecule has 5 heteroatoms. The van der Waals surface area contributed by atoms with E-state index < -0.39 is 6.04 Å². The molecule has 17 heavy (non-hydrogen) atoms. The van der Waals surface area contributed by atoms with E-state index in [1.54, 1.807) is 24.5 Å². The number of hydrogen-bond acceptors (Lipinski definition) is 3. The average Bonchev–Trinajstić information content (AvgIpc) is 2.72. The van der Waals surface area contributed by atoms with E-state index in [0.29, 0.717) is 15.8 Å². The lowest BCUT2D eigenvalue weighted by molar-refractivity contribution is 0.438. The fourth-order valence-corrected chi connectivity index (χ4v) is 2.11. The topological polar surface area (TPSA) is 51.2 Å². The van der Waals surface area contributed by atoms with Gasteiger partial charge in [0.15, 0.2) is 0 Å². The summed E-state index contributed by atoms with van der Waals surface area (Å²) in [6.45, 7) is 1.89. The highest BCUT2D eigenvalue weighted by molar-refractivity contribution is 9.10. The van der Waals surface area contributed by atoms with E-state index in [4.69, 9.17) is 10.3 Å². The van der Waals surface area contributed by atoms with E-state index in [1.807, 2.05) is 13.0 Å². The second kappa shape index (κ2) is 5.00. The maximum atomic E-state index is 14.0. The van der Waals surface area contributed by atoms with Crippen LogP contribution in [-0.2, 0) is 0 Å². The minimum absolute atomic E-state index is 0.341. The normalized spacial score (nSPS) is 12.7. The molecule has 1 aromatic heterocycles. The highest BCUT2D eigenvalue weighted by Crippen LogP contribution is 2.29. The monoisotopic (exact) mass is 298 g/mol. The van der Waals surface area contributed by atoms with Crippen LogP contribution in [-0.4, -0.2) is 0 Å². The lowest BCUT2D eigenvalue weighted by Gasteiger charge is -2.16. The van der Waals surface area contributed by atoms with Crippen LogP contribution in [0.25, 0.3) is 0 Å². The second-order valence-corrected chi connectivity index (χ2v) is 4.56. The van der Waals surface area contributed by atoms with Gasteiger partial charge in [0, 0.05) is 5.56 Å². The summed E-state index contributed by atoms with van der Waals surface area (Å²) in [7, 11) is 0. The SMILES string of the molecule is Cc1ccoc1C(NN)c1cccc(Br)c1F. The molecule has 2 rings (SSSR count). The molecule has 1 atom stereocenters. The third-order valence-corrected chi connectivity index (χ3v) is 3.24. The van der Waals surface area contributed by atoms with Gasteiger partial charge >= 0.3 is 0 Å². The number of hydrazine groups is 1. The molecule has 0 aliphatic carbocycles. The molecule has 90 valence electrons. The third-order valence-electron chi connectivity index (χ3n) is 2.62. The van der Waals surface area contributed by atoms with Crippen LogP contribution in [0.3, 0.4) is 0 Å². The Kier molecular flexibility index (Phi) is 3.61. The Hall–Kier alpha value is -1.17. The largest absolute Gasteiger partial charge is 0.467 e. The van der Waals surface area contributed by atoms with Crippen molar-refractivity contribution < 1.29 is 8.81 Å². The Bertz CT molecular complexity index is 527. The van der Waals surface area contributed by atoms with Crippen LogP contribution < -0.4 is 11.3 Å².